The van der Waals surface area contributed by atoms with Gasteiger partial charge >= 0.3 is 6.03 Å². The molecule has 3 N–H and O–H groups in total. The van der Waals surface area contributed by atoms with Crippen LogP contribution in [0.2, 0.25) is 4.34 Å². The molecule has 0 spiro atoms. The van der Waals surface area contributed by atoms with Crippen molar-refractivity contribution in [2.24, 2.45) is 0 Å². The van der Waals surface area contributed by atoms with Gasteiger partial charge in [-0.3, -0.25) is 5.10 Å². The van der Waals surface area contributed by atoms with E-state index in [2.05, 4.69) is 20.8 Å². The molecule has 114 valence electrons. The van der Waals surface area contributed by atoms with E-state index in [-0.39, 0.29) is 12.1 Å². The second kappa shape index (κ2) is 7.47. The summed E-state index contributed by atoms with van der Waals surface area (Å²) in [7, 11) is 0. The van der Waals surface area contributed by atoms with Crippen molar-refractivity contribution in [1.29, 1.82) is 0 Å². The fraction of sp³-hybridized carbons (Fsp3) is 0.429. The molecule has 5 nitrogen and oxygen atoms in total. The lowest BCUT2D eigenvalue weighted by Gasteiger charge is -2.13. The SMILES string of the molecule is Cc1[nH]ncc1CCCNC(=O)N[C@@H](C)c1ccc(Cl)s1. The number of hydrogen-bond acceptors (Lipinski definition) is 3. The van der Waals surface area contributed by atoms with Crippen molar-refractivity contribution in [3.05, 3.63) is 38.8 Å². The van der Waals surface area contributed by atoms with Crippen LogP contribution < -0.4 is 10.6 Å². The summed E-state index contributed by atoms with van der Waals surface area (Å²) in [6, 6.07) is 3.57. The Hall–Kier alpha value is -1.53. The number of hydrogen-bond donors (Lipinski definition) is 3. The van der Waals surface area contributed by atoms with E-state index in [0.29, 0.717) is 6.54 Å². The van der Waals surface area contributed by atoms with Crippen LogP contribution in [0.25, 0.3) is 0 Å². The van der Waals surface area contributed by atoms with Crippen LogP contribution in [0, 0.1) is 6.92 Å². The number of urea groups is 1. The lowest BCUT2D eigenvalue weighted by atomic mass is 10.1. The first-order valence-corrected chi connectivity index (χ1v) is 8.04. The summed E-state index contributed by atoms with van der Waals surface area (Å²) in [6.07, 6.45) is 3.61. The minimum Gasteiger partial charge on any atom is -0.338 e. The number of halogens is 1. The van der Waals surface area contributed by atoms with Crippen LogP contribution in [0.15, 0.2) is 18.3 Å². The third-order valence-corrected chi connectivity index (χ3v) is 4.62. The zero-order valence-corrected chi connectivity index (χ0v) is 13.6. The third-order valence-electron chi connectivity index (χ3n) is 3.21. The van der Waals surface area contributed by atoms with Crippen molar-refractivity contribution >= 4 is 29.0 Å². The normalized spacial score (nSPS) is 12.1. The second-order valence-corrected chi connectivity index (χ2v) is 6.63. The average molecular weight is 327 g/mol. The monoisotopic (exact) mass is 326 g/mol. The molecule has 2 amide bonds. The van der Waals surface area contributed by atoms with Gasteiger partial charge in [-0.1, -0.05) is 11.6 Å². The Labute approximate surface area is 133 Å². The number of thiophene rings is 1. The van der Waals surface area contributed by atoms with Gasteiger partial charge in [-0.25, -0.2) is 4.79 Å². The first-order valence-electron chi connectivity index (χ1n) is 6.84. The van der Waals surface area contributed by atoms with E-state index in [4.69, 9.17) is 11.6 Å². The quantitative estimate of drug-likeness (QED) is 0.712. The van der Waals surface area contributed by atoms with E-state index >= 15 is 0 Å². The van der Waals surface area contributed by atoms with Crippen LogP contribution in [0.4, 0.5) is 4.79 Å². The summed E-state index contributed by atoms with van der Waals surface area (Å²) in [6.45, 7) is 4.57. The maximum absolute atomic E-state index is 11.8. The van der Waals surface area contributed by atoms with Crippen molar-refractivity contribution in [3.63, 3.8) is 0 Å². The lowest BCUT2D eigenvalue weighted by molar-refractivity contribution is 0.238. The largest absolute Gasteiger partial charge is 0.338 e. The van der Waals surface area contributed by atoms with Crippen LogP contribution in [0.5, 0.6) is 0 Å². The molecule has 2 aromatic rings. The van der Waals surface area contributed by atoms with Gasteiger partial charge in [0.2, 0.25) is 0 Å². The summed E-state index contributed by atoms with van der Waals surface area (Å²) < 4.78 is 0.731. The van der Waals surface area contributed by atoms with Gasteiger partial charge in [0.25, 0.3) is 0 Å². The Bertz CT molecular complexity index is 595. The van der Waals surface area contributed by atoms with E-state index in [1.807, 2.05) is 32.2 Å². The molecule has 0 aliphatic heterocycles. The fourth-order valence-electron chi connectivity index (χ4n) is 1.99. The number of amides is 2. The molecular formula is C14H19ClN4OS. The van der Waals surface area contributed by atoms with E-state index < -0.39 is 0 Å². The molecule has 0 saturated heterocycles. The van der Waals surface area contributed by atoms with Crippen LogP contribution in [-0.4, -0.2) is 22.8 Å². The highest BCUT2D eigenvalue weighted by Crippen LogP contribution is 2.26. The van der Waals surface area contributed by atoms with Crippen molar-refractivity contribution in [2.75, 3.05) is 6.54 Å². The van der Waals surface area contributed by atoms with E-state index in [0.717, 1.165) is 27.7 Å². The Morgan fingerprint density at radius 3 is 2.95 bits per heavy atom. The fourth-order valence-corrected chi connectivity index (χ4v) is 3.05. The molecule has 0 aliphatic rings. The van der Waals surface area contributed by atoms with Gasteiger partial charge in [0.15, 0.2) is 0 Å². The predicted octanol–water partition coefficient (Wildman–Crippen LogP) is 3.43. The molecule has 0 fully saturated rings. The van der Waals surface area contributed by atoms with Crippen molar-refractivity contribution in [2.45, 2.75) is 32.7 Å². The van der Waals surface area contributed by atoms with Crippen LogP contribution in [0.1, 0.15) is 35.5 Å². The summed E-state index contributed by atoms with van der Waals surface area (Å²) in [4.78, 5) is 12.8. The Morgan fingerprint density at radius 1 is 1.52 bits per heavy atom. The van der Waals surface area contributed by atoms with Gasteiger partial charge in [0.05, 0.1) is 16.6 Å². The van der Waals surface area contributed by atoms with Gasteiger partial charge < -0.3 is 10.6 Å². The molecule has 2 rings (SSSR count). The predicted molar refractivity (Wildman–Crippen MR) is 85.9 cm³/mol. The minimum absolute atomic E-state index is 0.0429. The number of aryl methyl sites for hydroxylation is 2. The van der Waals surface area contributed by atoms with E-state index in [1.54, 1.807) is 0 Å². The minimum atomic E-state index is -0.157. The van der Waals surface area contributed by atoms with E-state index in [9.17, 15) is 4.79 Å². The first kappa shape index (κ1) is 15.9. The molecule has 1 atom stereocenters. The molecule has 0 unspecified atom stereocenters. The number of rotatable bonds is 6. The Kier molecular flexibility index (Phi) is 5.64. The van der Waals surface area contributed by atoms with Crippen molar-refractivity contribution < 1.29 is 4.79 Å². The Morgan fingerprint density at radius 2 is 2.33 bits per heavy atom. The molecule has 0 saturated carbocycles. The van der Waals surface area contributed by atoms with Crippen LogP contribution in [0.3, 0.4) is 0 Å². The summed E-state index contributed by atoms with van der Waals surface area (Å²) in [5.41, 5.74) is 2.28. The molecule has 0 bridgehead atoms. The van der Waals surface area contributed by atoms with Gasteiger partial charge in [-0.05, 0) is 44.4 Å². The lowest BCUT2D eigenvalue weighted by Crippen LogP contribution is -2.37. The van der Waals surface area contributed by atoms with Gasteiger partial charge in [-0.15, -0.1) is 11.3 Å². The number of aromatic amines is 1. The molecule has 0 radical (unpaired) electrons. The third kappa shape index (κ3) is 4.75. The molecule has 0 aromatic carbocycles. The highest BCUT2D eigenvalue weighted by molar-refractivity contribution is 7.16. The smallest absolute Gasteiger partial charge is 0.315 e. The van der Waals surface area contributed by atoms with E-state index in [1.165, 1.54) is 16.9 Å². The van der Waals surface area contributed by atoms with Crippen LogP contribution in [-0.2, 0) is 6.42 Å². The second-order valence-electron chi connectivity index (χ2n) is 4.89. The average Bonchev–Trinajstić information content (AvgIpc) is 3.04. The number of H-pyrrole nitrogens is 1. The molecule has 0 aliphatic carbocycles. The number of nitrogens with zero attached hydrogens (tertiary/aromatic N) is 1. The van der Waals surface area contributed by atoms with Gasteiger partial charge in [0.1, 0.15) is 0 Å². The first-order chi connectivity index (χ1) is 10.1. The summed E-state index contributed by atoms with van der Waals surface area (Å²) >= 11 is 7.37. The number of nitrogens with one attached hydrogen (secondary N) is 3. The number of carbonyl (C=O) groups is 1. The highest BCUT2D eigenvalue weighted by Gasteiger charge is 2.11. The topological polar surface area (TPSA) is 69.8 Å². The highest BCUT2D eigenvalue weighted by atomic mass is 35.5. The van der Waals surface area contributed by atoms with Crippen molar-refractivity contribution in [3.8, 4) is 0 Å². The maximum atomic E-state index is 11.8. The molecule has 7 heteroatoms. The summed E-state index contributed by atoms with van der Waals surface area (Å²) in [5, 5.41) is 12.6. The number of carbonyl (C=O) groups excluding carboxylic acids is 1. The Balaban J connectivity index is 1.67. The standard InChI is InChI=1S/C14H19ClN4OS/c1-9-11(8-17-19-9)4-3-7-16-14(20)18-10(2)12-5-6-13(15)21-12/h5-6,8,10H,3-4,7H2,1-2H3,(H,17,19)(H2,16,18,20)/t10-/m0/s1. The zero-order chi connectivity index (χ0) is 15.2. The molecule has 21 heavy (non-hydrogen) atoms. The van der Waals surface area contributed by atoms with Gasteiger partial charge in [0, 0.05) is 17.1 Å². The molecule has 2 aromatic heterocycles. The van der Waals surface area contributed by atoms with Gasteiger partial charge in [-0.2, -0.15) is 5.10 Å². The summed E-state index contributed by atoms with van der Waals surface area (Å²) in [5.74, 6) is 0. The maximum Gasteiger partial charge on any atom is 0.315 e. The van der Waals surface area contributed by atoms with Crippen LogP contribution >= 0.6 is 22.9 Å². The van der Waals surface area contributed by atoms with Crippen molar-refractivity contribution in [1.82, 2.24) is 20.8 Å². The molecular weight excluding hydrogens is 308 g/mol. The zero-order valence-electron chi connectivity index (χ0n) is 12.1. The molecule has 2 heterocycles. The number of aromatic nitrogens is 2.